The van der Waals surface area contributed by atoms with Gasteiger partial charge in [-0.1, -0.05) is 49.6 Å². The lowest BCUT2D eigenvalue weighted by Crippen LogP contribution is -2.35. The van der Waals surface area contributed by atoms with Crippen molar-refractivity contribution in [2.24, 2.45) is 11.8 Å². The van der Waals surface area contributed by atoms with Crippen LogP contribution in [0.25, 0.3) is 0 Å². The number of hydrogen-bond acceptors (Lipinski definition) is 4. The molecule has 2 bridgehead atoms. The number of aliphatic carboxylic acids is 1. The number of epoxide rings is 1. The number of carboxylic acid groups (broad SMARTS) is 1. The van der Waals surface area contributed by atoms with Crippen LogP contribution in [-0.4, -0.2) is 42.1 Å². The molecule has 1 aromatic carbocycles. The zero-order valence-corrected chi connectivity index (χ0v) is 15.1. The van der Waals surface area contributed by atoms with Crippen LogP contribution < -0.4 is 0 Å². The maximum Gasteiger partial charge on any atom is 0.303 e. The van der Waals surface area contributed by atoms with Crippen molar-refractivity contribution in [2.45, 2.75) is 69.5 Å². The molecule has 3 saturated heterocycles. The number of hydrogen-bond donors (Lipinski definition) is 1. The predicted octanol–water partition coefficient (Wildman–Crippen LogP) is 3.41. The zero-order valence-electron chi connectivity index (χ0n) is 15.1. The third-order valence-corrected chi connectivity index (χ3v) is 6.02. The molecule has 5 heteroatoms. The highest BCUT2D eigenvalue weighted by molar-refractivity contribution is 5.66. The first-order valence-corrected chi connectivity index (χ1v) is 9.88. The van der Waals surface area contributed by atoms with Crippen molar-refractivity contribution in [1.29, 1.82) is 0 Å². The third-order valence-electron chi connectivity index (χ3n) is 6.02. The number of carbonyl (C=O) groups is 1. The lowest BCUT2D eigenvalue weighted by atomic mass is 9.77. The minimum absolute atomic E-state index is 0.206. The molecule has 142 valence electrons. The molecule has 3 fully saturated rings. The van der Waals surface area contributed by atoms with E-state index >= 15 is 0 Å². The summed E-state index contributed by atoms with van der Waals surface area (Å²) in [5.74, 6) is 0.240. The van der Waals surface area contributed by atoms with Crippen molar-refractivity contribution in [1.82, 2.24) is 0 Å². The molecule has 26 heavy (non-hydrogen) atoms. The van der Waals surface area contributed by atoms with Crippen molar-refractivity contribution < 1.29 is 24.1 Å². The van der Waals surface area contributed by atoms with Gasteiger partial charge in [0, 0.05) is 12.3 Å². The quantitative estimate of drug-likeness (QED) is 0.484. The lowest BCUT2D eigenvalue weighted by Gasteiger charge is -2.26. The summed E-state index contributed by atoms with van der Waals surface area (Å²) in [5, 5.41) is 8.70. The van der Waals surface area contributed by atoms with Crippen LogP contribution in [0.3, 0.4) is 0 Å². The van der Waals surface area contributed by atoms with Crippen LogP contribution in [0.2, 0.25) is 0 Å². The SMILES string of the molecule is O=C(O)CCCCCC[C@@H]1[C@H](COCc2ccccc2)[C@H]2O[C@@H]1[C@H]1O[C@H]12. The highest BCUT2D eigenvalue weighted by Gasteiger charge is 2.68. The molecule has 5 nitrogen and oxygen atoms in total. The summed E-state index contributed by atoms with van der Waals surface area (Å²) < 4.78 is 18.0. The van der Waals surface area contributed by atoms with Gasteiger partial charge in [-0.15, -0.1) is 0 Å². The van der Waals surface area contributed by atoms with Crippen LogP contribution in [0, 0.1) is 11.8 Å². The third kappa shape index (κ3) is 3.95. The Hall–Kier alpha value is -1.43. The average molecular weight is 360 g/mol. The van der Waals surface area contributed by atoms with Crippen molar-refractivity contribution in [2.75, 3.05) is 6.61 Å². The molecule has 1 aromatic rings. The van der Waals surface area contributed by atoms with Gasteiger partial charge in [-0.2, -0.15) is 0 Å². The summed E-state index contributed by atoms with van der Waals surface area (Å²) in [6.45, 7) is 1.37. The Balaban J connectivity index is 1.22. The number of fused-ring (bicyclic) bond motifs is 5. The van der Waals surface area contributed by atoms with Gasteiger partial charge in [0.15, 0.2) is 0 Å². The summed E-state index contributed by atoms with van der Waals surface area (Å²) in [7, 11) is 0. The van der Waals surface area contributed by atoms with E-state index in [1.807, 2.05) is 18.2 Å². The van der Waals surface area contributed by atoms with Crippen molar-refractivity contribution in [3.05, 3.63) is 35.9 Å². The summed E-state index contributed by atoms with van der Waals surface area (Å²) in [6, 6.07) is 10.3. The van der Waals surface area contributed by atoms with Gasteiger partial charge < -0.3 is 19.3 Å². The minimum atomic E-state index is -0.695. The molecule has 0 aliphatic carbocycles. The summed E-state index contributed by atoms with van der Waals surface area (Å²) in [4.78, 5) is 10.6. The molecule has 3 heterocycles. The number of unbranched alkanes of at least 4 members (excludes halogenated alkanes) is 3. The molecule has 0 saturated carbocycles. The van der Waals surface area contributed by atoms with Crippen molar-refractivity contribution in [3.63, 3.8) is 0 Å². The molecule has 0 spiro atoms. The van der Waals surface area contributed by atoms with Crippen LogP contribution in [-0.2, 0) is 25.6 Å². The van der Waals surface area contributed by atoms with E-state index in [9.17, 15) is 4.79 Å². The number of carboxylic acids is 1. The van der Waals surface area contributed by atoms with E-state index in [2.05, 4.69) is 12.1 Å². The largest absolute Gasteiger partial charge is 0.481 e. The second-order valence-electron chi connectivity index (χ2n) is 7.81. The van der Waals surface area contributed by atoms with E-state index in [4.69, 9.17) is 19.3 Å². The monoisotopic (exact) mass is 360 g/mol. The minimum Gasteiger partial charge on any atom is -0.481 e. The first kappa shape index (κ1) is 18.0. The Morgan fingerprint density at radius 3 is 2.38 bits per heavy atom. The fraction of sp³-hybridized carbons (Fsp3) is 0.667. The fourth-order valence-corrected chi connectivity index (χ4v) is 4.67. The van der Waals surface area contributed by atoms with Crippen LogP contribution >= 0.6 is 0 Å². The maximum atomic E-state index is 10.6. The Morgan fingerprint density at radius 2 is 1.62 bits per heavy atom. The van der Waals surface area contributed by atoms with Crippen LogP contribution in [0.1, 0.15) is 44.1 Å². The van der Waals surface area contributed by atoms with Crippen molar-refractivity contribution >= 4 is 5.97 Å². The van der Waals surface area contributed by atoms with Crippen molar-refractivity contribution in [3.8, 4) is 0 Å². The average Bonchev–Trinajstić information content (AvgIpc) is 3.27. The zero-order chi connectivity index (χ0) is 17.9. The summed E-state index contributed by atoms with van der Waals surface area (Å²) in [6.07, 6.45) is 6.47. The smallest absolute Gasteiger partial charge is 0.303 e. The van der Waals surface area contributed by atoms with Crippen LogP contribution in [0.4, 0.5) is 0 Å². The lowest BCUT2D eigenvalue weighted by molar-refractivity contribution is -0.137. The Kier molecular flexibility index (Phi) is 5.57. The van der Waals surface area contributed by atoms with Gasteiger partial charge in [0.2, 0.25) is 0 Å². The number of rotatable bonds is 11. The second kappa shape index (κ2) is 8.07. The Bertz CT molecular complexity index is 604. The molecule has 3 aliphatic heterocycles. The predicted molar refractivity (Wildman–Crippen MR) is 95.7 cm³/mol. The van der Waals surface area contributed by atoms with Gasteiger partial charge in [0.1, 0.15) is 12.2 Å². The van der Waals surface area contributed by atoms with E-state index in [0.29, 0.717) is 30.7 Å². The van der Waals surface area contributed by atoms with Gasteiger partial charge in [-0.05, 0) is 24.3 Å². The van der Waals surface area contributed by atoms with E-state index in [-0.39, 0.29) is 18.6 Å². The summed E-state index contributed by atoms with van der Waals surface area (Å²) >= 11 is 0. The second-order valence-corrected chi connectivity index (χ2v) is 7.81. The van der Waals surface area contributed by atoms with Crippen LogP contribution in [0.5, 0.6) is 0 Å². The Morgan fingerprint density at radius 1 is 0.923 bits per heavy atom. The summed E-state index contributed by atoms with van der Waals surface area (Å²) in [5.41, 5.74) is 1.20. The van der Waals surface area contributed by atoms with Gasteiger partial charge >= 0.3 is 5.97 Å². The number of ether oxygens (including phenoxy) is 3. The number of benzene rings is 1. The van der Waals surface area contributed by atoms with Gasteiger partial charge in [-0.3, -0.25) is 4.79 Å². The molecule has 4 rings (SSSR count). The molecule has 6 atom stereocenters. The van der Waals surface area contributed by atoms with E-state index < -0.39 is 5.97 Å². The first-order chi connectivity index (χ1) is 12.7. The first-order valence-electron chi connectivity index (χ1n) is 9.88. The maximum absolute atomic E-state index is 10.6. The highest BCUT2D eigenvalue weighted by atomic mass is 16.7. The molecule has 3 aliphatic rings. The molecule has 0 radical (unpaired) electrons. The van der Waals surface area contributed by atoms with Gasteiger partial charge in [0.05, 0.1) is 25.4 Å². The van der Waals surface area contributed by atoms with Gasteiger partial charge in [0.25, 0.3) is 0 Å². The molecular formula is C21H28O5. The van der Waals surface area contributed by atoms with Gasteiger partial charge in [-0.25, -0.2) is 0 Å². The standard InChI is InChI=1S/C21H28O5/c22-17(23)11-7-2-1-6-10-15-16(19-21-20(26-21)18(15)25-19)13-24-12-14-8-4-3-5-9-14/h3-5,8-9,15-16,18-21H,1-2,6-7,10-13H2,(H,22,23)/t15-,16+,18+,19-,20-,21+/m1/s1. The molecular weight excluding hydrogens is 332 g/mol. The van der Waals surface area contributed by atoms with Crippen LogP contribution in [0.15, 0.2) is 30.3 Å². The Labute approximate surface area is 154 Å². The molecule has 0 aromatic heterocycles. The topological polar surface area (TPSA) is 68.3 Å². The normalized spacial score (nSPS) is 34.0. The molecule has 1 N–H and O–H groups in total. The van der Waals surface area contributed by atoms with E-state index in [1.54, 1.807) is 0 Å². The van der Waals surface area contributed by atoms with E-state index in [1.165, 1.54) is 5.56 Å². The molecule has 0 amide bonds. The highest BCUT2D eigenvalue weighted by Crippen LogP contribution is 2.55. The fourth-order valence-electron chi connectivity index (χ4n) is 4.67. The molecule has 0 unspecified atom stereocenters. The van der Waals surface area contributed by atoms with E-state index in [0.717, 1.165) is 38.7 Å².